The Balaban J connectivity index is 4.69. The number of aliphatic hydroxyl groups is 2. The molecule has 0 spiro atoms. The third-order valence-corrected chi connectivity index (χ3v) is 8.93. The molecule has 3 unspecified atom stereocenters. The molecule has 6 nitrogen and oxygen atoms in total. The molecular weight excluding hydrogens is 610 g/mol. The van der Waals surface area contributed by atoms with Crippen molar-refractivity contribution < 1.29 is 24.5 Å². The van der Waals surface area contributed by atoms with E-state index < -0.39 is 18.2 Å². The van der Waals surface area contributed by atoms with Crippen molar-refractivity contribution in [1.29, 1.82) is 0 Å². The summed E-state index contributed by atoms with van der Waals surface area (Å²) in [6.07, 6.45) is 41.8. The quantitative estimate of drug-likeness (QED) is 0.0267. The smallest absolute Gasteiger partial charge is 0.306 e. The van der Waals surface area contributed by atoms with Gasteiger partial charge in [0.25, 0.3) is 0 Å². The summed E-state index contributed by atoms with van der Waals surface area (Å²) in [6, 6.07) is -0.710. The van der Waals surface area contributed by atoms with Crippen LogP contribution in [0.25, 0.3) is 0 Å². The minimum atomic E-state index is -0.794. The number of ether oxygens (including phenoxy) is 1. The molecule has 0 rings (SSSR count). The SMILES string of the molecule is CC/C=C/C=C/C=C\CCCCCC(CC(=O)NC(CO)C(O)CCCCCCCCCCC)OC(=O)CCCCCCC/C=C\CCC. The molecule has 49 heavy (non-hydrogen) atoms. The number of esters is 1. The van der Waals surface area contributed by atoms with Crippen LogP contribution in [0.2, 0.25) is 0 Å². The molecule has 3 atom stereocenters. The summed E-state index contributed by atoms with van der Waals surface area (Å²) in [6.45, 7) is 6.22. The van der Waals surface area contributed by atoms with E-state index in [0.29, 0.717) is 19.3 Å². The summed E-state index contributed by atoms with van der Waals surface area (Å²) in [4.78, 5) is 25.8. The maximum atomic E-state index is 13.0. The van der Waals surface area contributed by atoms with Gasteiger partial charge in [0.05, 0.1) is 25.2 Å². The van der Waals surface area contributed by atoms with Crippen molar-refractivity contribution in [2.45, 2.75) is 206 Å². The van der Waals surface area contributed by atoms with Gasteiger partial charge in [-0.2, -0.15) is 0 Å². The van der Waals surface area contributed by atoms with Gasteiger partial charge in [-0.25, -0.2) is 0 Å². The summed E-state index contributed by atoms with van der Waals surface area (Å²) < 4.78 is 5.84. The van der Waals surface area contributed by atoms with E-state index in [-0.39, 0.29) is 24.9 Å². The van der Waals surface area contributed by atoms with Crippen molar-refractivity contribution in [3.8, 4) is 0 Å². The zero-order valence-electron chi connectivity index (χ0n) is 32.1. The molecule has 0 heterocycles. The van der Waals surface area contributed by atoms with E-state index in [1.807, 2.05) is 12.2 Å². The molecule has 0 radical (unpaired) electrons. The van der Waals surface area contributed by atoms with Gasteiger partial charge in [0.1, 0.15) is 6.10 Å². The third kappa shape index (κ3) is 32.8. The molecule has 0 aromatic heterocycles. The van der Waals surface area contributed by atoms with Gasteiger partial charge in [-0.1, -0.05) is 159 Å². The lowest BCUT2D eigenvalue weighted by Gasteiger charge is -2.24. The number of nitrogens with one attached hydrogen (secondary N) is 1. The molecule has 0 aromatic carbocycles. The first-order valence-corrected chi connectivity index (χ1v) is 20.4. The number of unbranched alkanes of at least 4 members (excludes halogenated alkanes) is 17. The van der Waals surface area contributed by atoms with Gasteiger partial charge >= 0.3 is 5.97 Å². The number of amides is 1. The summed E-state index contributed by atoms with van der Waals surface area (Å²) in [7, 11) is 0. The van der Waals surface area contributed by atoms with Crippen molar-refractivity contribution >= 4 is 11.9 Å². The summed E-state index contributed by atoms with van der Waals surface area (Å²) >= 11 is 0. The monoisotopic (exact) mass is 688 g/mol. The van der Waals surface area contributed by atoms with Crippen LogP contribution in [0.1, 0.15) is 188 Å². The fraction of sp³-hybridized carbons (Fsp3) is 0.767. The Morgan fingerprint density at radius 3 is 1.82 bits per heavy atom. The van der Waals surface area contributed by atoms with Crippen LogP contribution in [0.4, 0.5) is 0 Å². The topological polar surface area (TPSA) is 95.9 Å². The van der Waals surface area contributed by atoms with E-state index in [1.165, 1.54) is 57.8 Å². The fourth-order valence-electron chi connectivity index (χ4n) is 5.84. The van der Waals surface area contributed by atoms with Crippen molar-refractivity contribution in [2.75, 3.05) is 6.61 Å². The van der Waals surface area contributed by atoms with Crippen LogP contribution in [0.15, 0.2) is 48.6 Å². The fourth-order valence-corrected chi connectivity index (χ4v) is 5.84. The Morgan fingerprint density at radius 1 is 0.612 bits per heavy atom. The number of hydrogen-bond donors (Lipinski definition) is 3. The zero-order valence-corrected chi connectivity index (χ0v) is 32.1. The predicted molar refractivity (Wildman–Crippen MR) is 209 cm³/mol. The van der Waals surface area contributed by atoms with Crippen molar-refractivity contribution in [3.63, 3.8) is 0 Å². The standard InChI is InChI=1S/C43H77NO5/c1-4-7-10-13-16-19-21-23-25-28-31-34-39(49-43(48)36-33-30-27-24-20-17-14-11-8-5-2)37-42(47)44-40(38-45)41(46)35-32-29-26-22-18-15-12-9-6-3/h7,10-11,13-14,16,19,21,39-41,45-46H,4-6,8-9,12,15,17-18,20,22-38H2,1-3H3,(H,44,47)/b10-7+,14-11-,16-13+,21-19-. The molecule has 0 aromatic rings. The highest BCUT2D eigenvalue weighted by Gasteiger charge is 2.24. The highest BCUT2D eigenvalue weighted by molar-refractivity contribution is 5.77. The highest BCUT2D eigenvalue weighted by atomic mass is 16.5. The van der Waals surface area contributed by atoms with Gasteiger partial charge < -0.3 is 20.3 Å². The van der Waals surface area contributed by atoms with Crippen LogP contribution in [0, 0.1) is 0 Å². The second-order valence-corrected chi connectivity index (χ2v) is 13.7. The Hall–Kier alpha value is -2.18. The number of aliphatic hydroxyl groups excluding tert-OH is 2. The number of hydrogen-bond acceptors (Lipinski definition) is 5. The lowest BCUT2D eigenvalue weighted by atomic mass is 10.0. The largest absolute Gasteiger partial charge is 0.462 e. The van der Waals surface area contributed by atoms with E-state index in [0.717, 1.165) is 83.5 Å². The predicted octanol–water partition coefficient (Wildman–Crippen LogP) is 11.2. The first-order valence-electron chi connectivity index (χ1n) is 20.4. The molecule has 0 aliphatic carbocycles. The molecule has 0 saturated heterocycles. The molecule has 3 N–H and O–H groups in total. The van der Waals surface area contributed by atoms with Crippen LogP contribution < -0.4 is 5.32 Å². The van der Waals surface area contributed by atoms with Gasteiger partial charge in [0.15, 0.2) is 0 Å². The minimum Gasteiger partial charge on any atom is -0.462 e. The van der Waals surface area contributed by atoms with Gasteiger partial charge in [0, 0.05) is 6.42 Å². The Bertz CT molecular complexity index is 864. The van der Waals surface area contributed by atoms with Gasteiger partial charge in [-0.05, 0) is 64.2 Å². The molecule has 284 valence electrons. The zero-order chi connectivity index (χ0) is 36.0. The molecule has 0 fully saturated rings. The average molecular weight is 688 g/mol. The van der Waals surface area contributed by atoms with Crippen molar-refractivity contribution in [1.82, 2.24) is 5.32 Å². The first-order chi connectivity index (χ1) is 24.0. The van der Waals surface area contributed by atoms with Crippen LogP contribution >= 0.6 is 0 Å². The molecule has 0 aliphatic rings. The van der Waals surface area contributed by atoms with Gasteiger partial charge in [-0.3, -0.25) is 9.59 Å². The summed E-state index contributed by atoms with van der Waals surface area (Å²) in [5, 5.41) is 23.5. The van der Waals surface area contributed by atoms with Crippen LogP contribution in [0.5, 0.6) is 0 Å². The second kappa shape index (κ2) is 37.1. The van der Waals surface area contributed by atoms with Crippen LogP contribution in [-0.2, 0) is 14.3 Å². The molecule has 0 aliphatic heterocycles. The Morgan fingerprint density at radius 2 is 1.16 bits per heavy atom. The van der Waals surface area contributed by atoms with E-state index in [9.17, 15) is 19.8 Å². The lowest BCUT2D eigenvalue weighted by molar-refractivity contribution is -0.151. The Labute approximate surface area is 302 Å². The molecule has 0 bridgehead atoms. The summed E-state index contributed by atoms with van der Waals surface area (Å²) in [5.41, 5.74) is 0. The molecule has 1 amide bonds. The number of carbonyl (C=O) groups is 2. The minimum absolute atomic E-state index is 0.0501. The Kier molecular flexibility index (Phi) is 35.4. The van der Waals surface area contributed by atoms with Crippen LogP contribution in [-0.4, -0.2) is 46.9 Å². The summed E-state index contributed by atoms with van der Waals surface area (Å²) in [5.74, 6) is -0.529. The third-order valence-electron chi connectivity index (χ3n) is 8.93. The van der Waals surface area contributed by atoms with Crippen molar-refractivity contribution in [3.05, 3.63) is 48.6 Å². The second-order valence-electron chi connectivity index (χ2n) is 13.7. The van der Waals surface area contributed by atoms with Gasteiger partial charge in [-0.15, -0.1) is 0 Å². The van der Waals surface area contributed by atoms with Crippen LogP contribution in [0.3, 0.4) is 0 Å². The molecule has 0 saturated carbocycles. The average Bonchev–Trinajstić information content (AvgIpc) is 3.09. The number of rotatable bonds is 35. The maximum Gasteiger partial charge on any atom is 0.306 e. The first kappa shape index (κ1) is 46.8. The maximum absolute atomic E-state index is 13.0. The van der Waals surface area contributed by atoms with Crippen molar-refractivity contribution in [2.24, 2.45) is 0 Å². The van der Waals surface area contributed by atoms with E-state index in [2.05, 4.69) is 62.5 Å². The molecular formula is C43H77NO5. The molecule has 6 heteroatoms. The highest BCUT2D eigenvalue weighted by Crippen LogP contribution is 2.16. The van der Waals surface area contributed by atoms with Gasteiger partial charge in [0.2, 0.25) is 5.91 Å². The number of allylic oxidation sites excluding steroid dienone is 8. The lowest BCUT2D eigenvalue weighted by Crippen LogP contribution is -2.46. The van der Waals surface area contributed by atoms with E-state index in [4.69, 9.17) is 4.74 Å². The van der Waals surface area contributed by atoms with E-state index in [1.54, 1.807) is 0 Å². The normalized spacial score (nSPS) is 14.0. The van der Waals surface area contributed by atoms with E-state index >= 15 is 0 Å². The number of carbonyl (C=O) groups excluding carboxylic acids is 2.